The smallest absolute Gasteiger partial charge is 0.438 e. The average molecular weight is 543 g/mol. The van der Waals surface area contributed by atoms with Crippen LogP contribution >= 0.6 is 0 Å². The van der Waals surface area contributed by atoms with Crippen molar-refractivity contribution >= 4 is 16.1 Å². The van der Waals surface area contributed by atoms with Crippen molar-refractivity contribution in [2.24, 2.45) is 0 Å². The van der Waals surface area contributed by atoms with E-state index in [-0.39, 0.29) is 6.42 Å². The molecule has 12 heteroatoms. The molecule has 0 saturated heterocycles. The van der Waals surface area contributed by atoms with Gasteiger partial charge in [-0.05, 0) is 6.42 Å². The van der Waals surface area contributed by atoms with Crippen molar-refractivity contribution < 1.29 is 48.8 Å². The topological polar surface area (TPSA) is 80.7 Å². The van der Waals surface area contributed by atoms with E-state index in [9.17, 15) is 39.6 Å². The summed E-state index contributed by atoms with van der Waals surface area (Å²) in [4.78, 5) is 11.7. The summed E-state index contributed by atoms with van der Waals surface area (Å²) in [6, 6.07) is 0. The number of hydrogen-bond acceptors (Lipinski definition) is 4. The Morgan fingerprint density at radius 3 is 1.26 bits per heavy atom. The zero-order valence-corrected chi connectivity index (χ0v) is 21.3. The number of carbonyl (C=O) groups is 1. The second-order valence-corrected chi connectivity index (χ2v) is 10.5. The minimum Gasteiger partial charge on any atom is -0.438 e. The Kier molecular flexibility index (Phi) is 16.2. The second-order valence-electron chi connectivity index (χ2n) is 9.08. The minimum atomic E-state index is -6.29. The molecule has 0 spiro atoms. The fourth-order valence-corrected chi connectivity index (χ4v) is 4.69. The normalized spacial score (nSPS) is 13.3. The molecule has 0 aromatic rings. The van der Waals surface area contributed by atoms with E-state index in [1.165, 1.54) is 57.8 Å². The van der Waals surface area contributed by atoms with E-state index in [0.717, 1.165) is 25.7 Å². The predicted molar refractivity (Wildman–Crippen MR) is 122 cm³/mol. The largest absolute Gasteiger partial charge is 0.438 e. The molecule has 0 fully saturated rings. The number of hydrogen-bond donors (Lipinski definition) is 1. The van der Waals surface area contributed by atoms with Gasteiger partial charge in [0, 0.05) is 6.42 Å². The maximum Gasteiger partial charge on any atom is 0.438 e. The monoisotopic (exact) mass is 542 g/mol. The summed E-state index contributed by atoms with van der Waals surface area (Å²) >= 11 is 0. The molecule has 0 aromatic heterocycles. The quantitative estimate of drug-likeness (QED) is 0.0731. The van der Waals surface area contributed by atoms with E-state index in [2.05, 4.69) is 11.7 Å². The van der Waals surface area contributed by atoms with Crippen LogP contribution in [0.3, 0.4) is 0 Å². The maximum atomic E-state index is 13.1. The summed E-state index contributed by atoms with van der Waals surface area (Å²) in [6.07, 6.45) is 3.12. The lowest BCUT2D eigenvalue weighted by molar-refractivity contribution is -0.361. The molecule has 0 heterocycles. The molecule has 0 aromatic carbocycles. The highest BCUT2D eigenvalue weighted by Gasteiger charge is 2.75. The van der Waals surface area contributed by atoms with Crippen LogP contribution in [0.25, 0.3) is 0 Å². The highest BCUT2D eigenvalue weighted by molar-refractivity contribution is 7.85. The van der Waals surface area contributed by atoms with Crippen LogP contribution in [0.5, 0.6) is 0 Å². The third-order valence-electron chi connectivity index (χ3n) is 5.82. The van der Waals surface area contributed by atoms with Crippen molar-refractivity contribution in [3.63, 3.8) is 0 Å². The van der Waals surface area contributed by atoms with Crippen LogP contribution in [0.15, 0.2) is 0 Å². The Morgan fingerprint density at radius 2 is 0.971 bits per heavy atom. The van der Waals surface area contributed by atoms with Crippen molar-refractivity contribution in [3.8, 4) is 0 Å². The van der Waals surface area contributed by atoms with Crippen LogP contribution in [0, 0.1) is 0 Å². The van der Waals surface area contributed by atoms with Crippen molar-refractivity contribution in [2.45, 2.75) is 134 Å². The molecule has 0 bridgehead atoms. The van der Waals surface area contributed by atoms with Gasteiger partial charge in [-0.25, -0.2) is 0 Å². The molecule has 0 unspecified atom stereocenters. The van der Waals surface area contributed by atoms with Crippen LogP contribution in [-0.2, 0) is 19.6 Å². The number of unbranched alkanes of at least 4 members (excludes halogenated alkanes) is 15. The first-order valence-corrected chi connectivity index (χ1v) is 14.1. The Hall–Kier alpha value is -1.04. The molecule has 5 nitrogen and oxygen atoms in total. The van der Waals surface area contributed by atoms with Gasteiger partial charge in [0.05, 0.1) is 0 Å². The number of carbonyl (C=O) groups excluding carboxylic acids is 1. The van der Waals surface area contributed by atoms with Crippen LogP contribution in [-0.4, -0.2) is 42.6 Å². The molecule has 0 radical (unpaired) electrons. The minimum absolute atomic E-state index is 0.00869. The molecule has 0 rings (SSSR count). The molecule has 0 aliphatic carbocycles. The second kappa shape index (κ2) is 16.7. The molecule has 0 aliphatic heterocycles. The summed E-state index contributed by atoms with van der Waals surface area (Å²) in [5, 5.41) is 0. The fraction of sp³-hybridized carbons (Fsp3) is 0.957. The third-order valence-corrected chi connectivity index (χ3v) is 6.60. The van der Waals surface area contributed by atoms with Gasteiger partial charge >= 0.3 is 23.9 Å². The van der Waals surface area contributed by atoms with E-state index in [1.807, 2.05) is 0 Å². The van der Waals surface area contributed by atoms with Gasteiger partial charge in [-0.3, -0.25) is 9.35 Å². The predicted octanol–water partition coefficient (Wildman–Crippen LogP) is 7.93. The van der Waals surface area contributed by atoms with Crippen LogP contribution in [0.4, 0.5) is 26.3 Å². The highest BCUT2D eigenvalue weighted by atomic mass is 32.2. The van der Waals surface area contributed by atoms with Gasteiger partial charge in [0.2, 0.25) is 0 Å². The maximum absolute atomic E-state index is 13.1. The molecule has 0 amide bonds. The van der Waals surface area contributed by atoms with Crippen LogP contribution < -0.4 is 0 Å². The van der Waals surface area contributed by atoms with Gasteiger partial charge in [-0.1, -0.05) is 103 Å². The molecule has 210 valence electrons. The number of ether oxygens (including phenoxy) is 1. The van der Waals surface area contributed by atoms with E-state index in [4.69, 9.17) is 4.55 Å². The van der Waals surface area contributed by atoms with Gasteiger partial charge in [0.25, 0.3) is 10.1 Å². The lowest BCUT2D eigenvalue weighted by Gasteiger charge is -2.35. The zero-order chi connectivity index (χ0) is 27.0. The fourth-order valence-electron chi connectivity index (χ4n) is 3.79. The molecular formula is C23H40F6O5S. The molecule has 1 N–H and O–H groups in total. The first kappa shape index (κ1) is 34.0. The summed E-state index contributed by atoms with van der Waals surface area (Å²) in [5.41, 5.74) is -5.32. The first-order valence-electron chi connectivity index (χ1n) is 12.5. The average Bonchev–Trinajstić information content (AvgIpc) is 2.70. The summed E-state index contributed by atoms with van der Waals surface area (Å²) in [6.45, 7) is 2.20. The van der Waals surface area contributed by atoms with E-state index < -0.39 is 46.2 Å². The Balaban J connectivity index is 4.11. The van der Waals surface area contributed by atoms with E-state index in [1.54, 1.807) is 0 Å². The molecule has 0 aliphatic rings. The van der Waals surface area contributed by atoms with Gasteiger partial charge in [0.15, 0.2) is 0 Å². The molecular weight excluding hydrogens is 502 g/mol. The summed E-state index contributed by atoms with van der Waals surface area (Å²) in [7, 11) is -5.76. The Morgan fingerprint density at radius 1 is 0.657 bits per heavy atom. The van der Waals surface area contributed by atoms with E-state index >= 15 is 0 Å². The van der Waals surface area contributed by atoms with Crippen molar-refractivity contribution in [2.75, 3.05) is 5.75 Å². The SMILES string of the molecule is CCCCCCCCCCCCCCCCCCC(=O)OC(CS(=O)(=O)O)(C(F)(F)F)C(F)(F)F. The molecule has 0 atom stereocenters. The highest BCUT2D eigenvalue weighted by Crippen LogP contribution is 2.47. The van der Waals surface area contributed by atoms with Crippen LogP contribution in [0.2, 0.25) is 0 Å². The number of alkyl halides is 6. The Bertz CT molecular complexity index is 663. The van der Waals surface area contributed by atoms with Gasteiger partial charge in [-0.15, -0.1) is 0 Å². The van der Waals surface area contributed by atoms with Crippen molar-refractivity contribution in [1.29, 1.82) is 0 Å². The van der Waals surface area contributed by atoms with Crippen molar-refractivity contribution in [3.05, 3.63) is 0 Å². The third kappa shape index (κ3) is 15.0. The molecule has 0 saturated carbocycles. The number of esters is 1. The Labute approximate surface area is 205 Å². The standard InChI is InChI=1S/C23H40F6O5S/c1-2-3-4-5-6-7-8-9-10-11-12-13-14-15-16-17-18-20(30)34-21(22(24,25)26,23(27,28)29)19-35(31,32)33/h2-19H2,1H3,(H,31,32,33). The zero-order valence-electron chi connectivity index (χ0n) is 20.5. The summed E-state index contributed by atoms with van der Waals surface area (Å²) in [5.74, 6) is -4.67. The number of halogens is 6. The lowest BCUT2D eigenvalue weighted by atomic mass is 10.0. The number of rotatable bonds is 20. The van der Waals surface area contributed by atoms with Gasteiger partial charge in [0.1, 0.15) is 5.75 Å². The lowest BCUT2D eigenvalue weighted by Crippen LogP contribution is -2.63. The summed E-state index contributed by atoms with van der Waals surface area (Å²) < 4.78 is 113. The van der Waals surface area contributed by atoms with Crippen LogP contribution in [0.1, 0.15) is 116 Å². The van der Waals surface area contributed by atoms with Crippen molar-refractivity contribution in [1.82, 2.24) is 0 Å². The molecule has 35 heavy (non-hydrogen) atoms. The van der Waals surface area contributed by atoms with E-state index in [0.29, 0.717) is 12.8 Å². The first-order chi connectivity index (χ1) is 16.2. The van der Waals surface area contributed by atoms with Gasteiger partial charge < -0.3 is 4.74 Å². The van der Waals surface area contributed by atoms with Gasteiger partial charge in [-0.2, -0.15) is 34.8 Å².